The first-order chi connectivity index (χ1) is 9.19. The SMILES string of the molecule is CNCC(O)c1cc2c(c(Br)c1OC)CCCCC2. The van der Waals surface area contributed by atoms with Gasteiger partial charge in [0.1, 0.15) is 5.75 Å². The van der Waals surface area contributed by atoms with Gasteiger partial charge in [-0.05, 0) is 65.9 Å². The van der Waals surface area contributed by atoms with Gasteiger partial charge in [0, 0.05) is 12.1 Å². The lowest BCUT2D eigenvalue weighted by Crippen LogP contribution is -2.18. The second kappa shape index (κ2) is 6.73. The highest BCUT2D eigenvalue weighted by Gasteiger charge is 2.22. The average Bonchev–Trinajstić information content (AvgIpc) is 2.64. The number of fused-ring (bicyclic) bond motifs is 1. The van der Waals surface area contributed by atoms with E-state index in [0.29, 0.717) is 6.54 Å². The zero-order valence-electron chi connectivity index (χ0n) is 11.6. The Hall–Kier alpha value is -0.580. The van der Waals surface area contributed by atoms with Crippen molar-refractivity contribution in [3.8, 4) is 5.75 Å². The van der Waals surface area contributed by atoms with Gasteiger partial charge < -0.3 is 15.2 Å². The first-order valence-electron chi connectivity index (χ1n) is 6.89. The maximum Gasteiger partial charge on any atom is 0.139 e. The Bertz CT molecular complexity index is 448. The predicted molar refractivity (Wildman–Crippen MR) is 80.8 cm³/mol. The maximum absolute atomic E-state index is 10.3. The van der Waals surface area contributed by atoms with Crippen LogP contribution >= 0.6 is 15.9 Å². The van der Waals surface area contributed by atoms with Crippen LogP contribution in [0, 0.1) is 0 Å². The van der Waals surface area contributed by atoms with Crippen LogP contribution in [0.15, 0.2) is 10.5 Å². The van der Waals surface area contributed by atoms with Gasteiger partial charge in [0.05, 0.1) is 17.7 Å². The highest BCUT2D eigenvalue weighted by Crippen LogP contribution is 2.40. The van der Waals surface area contributed by atoms with Crippen LogP contribution in [0.3, 0.4) is 0 Å². The number of hydrogen-bond acceptors (Lipinski definition) is 3. The second-order valence-corrected chi connectivity index (χ2v) is 5.88. The van der Waals surface area contributed by atoms with Gasteiger partial charge in [-0.25, -0.2) is 0 Å². The summed E-state index contributed by atoms with van der Waals surface area (Å²) >= 11 is 3.68. The van der Waals surface area contributed by atoms with Gasteiger partial charge in [-0.3, -0.25) is 0 Å². The zero-order valence-corrected chi connectivity index (χ0v) is 13.2. The Balaban J connectivity index is 2.48. The summed E-state index contributed by atoms with van der Waals surface area (Å²) in [6.07, 6.45) is 5.38. The van der Waals surface area contributed by atoms with Crippen LogP contribution in [0.4, 0.5) is 0 Å². The van der Waals surface area contributed by atoms with Gasteiger partial charge >= 0.3 is 0 Å². The average molecular weight is 328 g/mol. The van der Waals surface area contributed by atoms with Crippen LogP contribution in [0.1, 0.15) is 42.1 Å². The molecule has 2 rings (SSSR count). The smallest absolute Gasteiger partial charge is 0.139 e. The fourth-order valence-corrected chi connectivity index (χ4v) is 3.63. The lowest BCUT2D eigenvalue weighted by molar-refractivity contribution is 0.173. The molecule has 0 aromatic heterocycles. The Kier molecular flexibility index (Phi) is 5.25. The minimum atomic E-state index is -0.537. The molecule has 0 saturated carbocycles. The molecule has 0 saturated heterocycles. The molecule has 106 valence electrons. The van der Waals surface area contributed by atoms with E-state index < -0.39 is 6.10 Å². The molecule has 19 heavy (non-hydrogen) atoms. The fraction of sp³-hybridized carbons (Fsp3) is 0.600. The van der Waals surface area contributed by atoms with E-state index in [4.69, 9.17) is 4.74 Å². The van der Waals surface area contributed by atoms with E-state index in [1.807, 2.05) is 7.05 Å². The normalized spacial score (nSPS) is 16.6. The molecule has 4 heteroatoms. The van der Waals surface area contributed by atoms with Gasteiger partial charge in [0.2, 0.25) is 0 Å². The Labute approximate surface area is 123 Å². The summed E-state index contributed by atoms with van der Waals surface area (Å²) in [4.78, 5) is 0. The van der Waals surface area contributed by atoms with Crippen molar-refractivity contribution in [1.82, 2.24) is 5.32 Å². The number of nitrogens with one attached hydrogen (secondary N) is 1. The third kappa shape index (κ3) is 3.12. The summed E-state index contributed by atoms with van der Waals surface area (Å²) in [6.45, 7) is 0.529. The van der Waals surface area contributed by atoms with E-state index in [0.717, 1.165) is 28.6 Å². The molecule has 1 aliphatic rings. The monoisotopic (exact) mass is 327 g/mol. The number of ether oxygens (including phenoxy) is 1. The summed E-state index contributed by atoms with van der Waals surface area (Å²) in [7, 11) is 3.51. The molecule has 0 bridgehead atoms. The van der Waals surface area contributed by atoms with E-state index in [9.17, 15) is 5.11 Å². The van der Waals surface area contributed by atoms with Crippen molar-refractivity contribution in [2.24, 2.45) is 0 Å². The van der Waals surface area contributed by atoms with Crippen molar-refractivity contribution in [3.63, 3.8) is 0 Å². The first-order valence-corrected chi connectivity index (χ1v) is 7.69. The molecule has 1 unspecified atom stereocenters. The van der Waals surface area contributed by atoms with Gasteiger partial charge in [0.25, 0.3) is 0 Å². The maximum atomic E-state index is 10.3. The Morgan fingerprint density at radius 1 is 1.37 bits per heavy atom. The molecular formula is C15H22BrNO2. The highest BCUT2D eigenvalue weighted by molar-refractivity contribution is 9.10. The van der Waals surface area contributed by atoms with Gasteiger partial charge in [0.15, 0.2) is 0 Å². The van der Waals surface area contributed by atoms with E-state index in [-0.39, 0.29) is 0 Å². The van der Waals surface area contributed by atoms with Crippen molar-refractivity contribution in [2.75, 3.05) is 20.7 Å². The lowest BCUT2D eigenvalue weighted by atomic mass is 9.96. The van der Waals surface area contributed by atoms with Gasteiger partial charge in [-0.2, -0.15) is 0 Å². The van der Waals surface area contributed by atoms with E-state index in [1.165, 1.54) is 30.4 Å². The number of hydrogen-bond donors (Lipinski definition) is 2. The number of aliphatic hydroxyl groups is 1. The molecule has 0 radical (unpaired) electrons. The lowest BCUT2D eigenvalue weighted by Gasteiger charge is -2.20. The van der Waals surface area contributed by atoms with Gasteiger partial charge in [-0.1, -0.05) is 6.42 Å². The molecule has 1 atom stereocenters. The highest BCUT2D eigenvalue weighted by atomic mass is 79.9. The topological polar surface area (TPSA) is 41.5 Å². The van der Waals surface area contributed by atoms with Crippen LogP contribution in [0.25, 0.3) is 0 Å². The summed E-state index contributed by atoms with van der Waals surface area (Å²) in [5, 5.41) is 13.3. The van der Waals surface area contributed by atoms with E-state index >= 15 is 0 Å². The van der Waals surface area contributed by atoms with Gasteiger partial charge in [-0.15, -0.1) is 0 Å². The number of likely N-dealkylation sites (N-methyl/N-ethyl adjacent to an activating group) is 1. The number of aryl methyl sites for hydroxylation is 1. The standard InChI is InChI=1S/C15H22BrNO2/c1-17-9-13(18)12-8-10-6-4-3-5-7-11(10)14(16)15(12)19-2/h8,13,17-18H,3-7,9H2,1-2H3. The van der Waals surface area contributed by atoms with E-state index in [1.54, 1.807) is 7.11 Å². The second-order valence-electron chi connectivity index (χ2n) is 5.08. The first kappa shape index (κ1) is 14.8. The molecule has 0 fully saturated rings. The molecular weight excluding hydrogens is 306 g/mol. The molecule has 0 aliphatic heterocycles. The minimum absolute atomic E-state index is 0.529. The van der Waals surface area contributed by atoms with Crippen molar-refractivity contribution in [1.29, 1.82) is 0 Å². The van der Waals surface area contributed by atoms with Crippen LogP contribution < -0.4 is 10.1 Å². The van der Waals surface area contributed by atoms with Crippen molar-refractivity contribution < 1.29 is 9.84 Å². The number of methoxy groups -OCH3 is 1. The number of rotatable bonds is 4. The quantitative estimate of drug-likeness (QED) is 0.835. The zero-order chi connectivity index (χ0) is 13.8. The van der Waals surface area contributed by atoms with Crippen LogP contribution in [-0.2, 0) is 12.8 Å². The Morgan fingerprint density at radius 2 is 2.11 bits per heavy atom. The molecule has 0 heterocycles. The number of benzene rings is 1. The molecule has 0 amide bonds. The van der Waals surface area contributed by atoms with Crippen molar-refractivity contribution >= 4 is 15.9 Å². The largest absolute Gasteiger partial charge is 0.495 e. The molecule has 2 N–H and O–H groups in total. The third-order valence-corrected chi connectivity index (χ3v) is 4.62. The summed E-state index contributed by atoms with van der Waals surface area (Å²) < 4.78 is 6.54. The predicted octanol–water partition coefficient (Wildman–Crippen LogP) is 2.98. The van der Waals surface area contributed by atoms with Crippen molar-refractivity contribution in [2.45, 2.75) is 38.2 Å². The third-order valence-electron chi connectivity index (χ3n) is 3.78. The molecule has 1 aromatic carbocycles. The van der Waals surface area contributed by atoms with Crippen LogP contribution in [0.2, 0.25) is 0 Å². The molecule has 1 aliphatic carbocycles. The summed E-state index contributed by atoms with van der Waals surface area (Å²) in [6, 6.07) is 2.13. The summed E-state index contributed by atoms with van der Waals surface area (Å²) in [5.74, 6) is 0.781. The molecule has 3 nitrogen and oxygen atoms in total. The van der Waals surface area contributed by atoms with Crippen molar-refractivity contribution in [3.05, 3.63) is 27.2 Å². The Morgan fingerprint density at radius 3 is 2.79 bits per heavy atom. The molecule has 1 aromatic rings. The van der Waals surface area contributed by atoms with Crippen LogP contribution in [-0.4, -0.2) is 25.8 Å². The molecule has 0 spiro atoms. The number of aliphatic hydroxyl groups excluding tert-OH is 1. The van der Waals surface area contributed by atoms with E-state index in [2.05, 4.69) is 27.3 Å². The minimum Gasteiger partial charge on any atom is -0.495 e. The number of halogens is 1. The van der Waals surface area contributed by atoms with Crippen LogP contribution in [0.5, 0.6) is 5.75 Å². The fourth-order valence-electron chi connectivity index (χ4n) is 2.79. The summed E-state index contributed by atoms with van der Waals surface area (Å²) in [5.41, 5.74) is 3.59.